The third kappa shape index (κ3) is 4.50. The molecule has 0 aromatic heterocycles. The van der Waals surface area contributed by atoms with Gasteiger partial charge in [0.05, 0.1) is 6.61 Å². The Balaban J connectivity index is 1.89. The zero-order valence-corrected chi connectivity index (χ0v) is 13.1. The molecule has 1 N–H and O–H groups in total. The minimum absolute atomic E-state index is 0.697. The van der Waals surface area contributed by atoms with E-state index >= 15 is 0 Å². The van der Waals surface area contributed by atoms with Crippen LogP contribution in [0.5, 0.6) is 5.75 Å². The molecule has 112 valence electrons. The summed E-state index contributed by atoms with van der Waals surface area (Å²) in [6.45, 7) is 4.37. The Kier molecular flexibility index (Phi) is 5.64. The van der Waals surface area contributed by atoms with Gasteiger partial charge in [-0.2, -0.15) is 0 Å². The lowest BCUT2D eigenvalue weighted by Crippen LogP contribution is -2.14. The Hall–Kier alpha value is -2.00. The summed E-state index contributed by atoms with van der Waals surface area (Å²) in [5, 5.41) is 3.47. The lowest BCUT2D eigenvalue weighted by atomic mass is 10.1. The highest BCUT2D eigenvalue weighted by Gasteiger charge is 2.02. The van der Waals surface area contributed by atoms with Crippen LogP contribution in [0.3, 0.4) is 0 Å². The molecule has 0 aliphatic rings. The molecule has 0 bridgehead atoms. The van der Waals surface area contributed by atoms with Crippen LogP contribution in [0.4, 0.5) is 5.69 Å². The van der Waals surface area contributed by atoms with Crippen LogP contribution in [0, 0.1) is 0 Å². The molecule has 0 fully saturated rings. The van der Waals surface area contributed by atoms with E-state index in [9.17, 15) is 0 Å². The van der Waals surface area contributed by atoms with Crippen molar-refractivity contribution in [2.75, 3.05) is 25.6 Å². The topological polar surface area (TPSA) is 24.5 Å². The van der Waals surface area contributed by atoms with Gasteiger partial charge in [-0.25, -0.2) is 0 Å². The maximum Gasteiger partial charge on any atom is 0.123 e. The standard InChI is InChI=1S/C18H24N2O/c1-4-21-18-8-6-5-7-16(18)14-19-13-15-9-11-17(12-10-15)20(2)3/h5-12,19H,4,13-14H2,1-3H3. The Labute approximate surface area is 127 Å². The fraction of sp³-hybridized carbons (Fsp3) is 0.333. The van der Waals surface area contributed by atoms with Gasteiger partial charge in [0.1, 0.15) is 5.75 Å². The Morgan fingerprint density at radius 1 is 0.952 bits per heavy atom. The summed E-state index contributed by atoms with van der Waals surface area (Å²) >= 11 is 0. The van der Waals surface area contributed by atoms with E-state index in [2.05, 4.69) is 54.6 Å². The largest absolute Gasteiger partial charge is 0.494 e. The Bertz CT molecular complexity index is 549. The smallest absolute Gasteiger partial charge is 0.123 e. The van der Waals surface area contributed by atoms with E-state index in [1.54, 1.807) is 0 Å². The molecule has 3 heteroatoms. The minimum atomic E-state index is 0.697. The monoisotopic (exact) mass is 284 g/mol. The van der Waals surface area contributed by atoms with Gasteiger partial charge in [-0.15, -0.1) is 0 Å². The molecule has 3 nitrogen and oxygen atoms in total. The fourth-order valence-corrected chi connectivity index (χ4v) is 2.20. The molecule has 0 amide bonds. The number of anilines is 1. The second kappa shape index (κ2) is 7.70. The highest BCUT2D eigenvalue weighted by atomic mass is 16.5. The van der Waals surface area contributed by atoms with Gasteiger partial charge in [-0.3, -0.25) is 0 Å². The van der Waals surface area contributed by atoms with Crippen LogP contribution in [-0.4, -0.2) is 20.7 Å². The van der Waals surface area contributed by atoms with Gasteiger partial charge < -0.3 is 15.0 Å². The van der Waals surface area contributed by atoms with Gasteiger partial charge in [-0.05, 0) is 30.7 Å². The molecule has 0 aliphatic carbocycles. The number of ether oxygens (including phenoxy) is 1. The van der Waals surface area contributed by atoms with Crippen molar-refractivity contribution in [2.45, 2.75) is 20.0 Å². The summed E-state index contributed by atoms with van der Waals surface area (Å²) < 4.78 is 5.64. The number of rotatable bonds is 7. The first kappa shape index (κ1) is 15.4. The van der Waals surface area contributed by atoms with Crippen molar-refractivity contribution >= 4 is 5.69 Å². The van der Waals surface area contributed by atoms with Crippen molar-refractivity contribution < 1.29 is 4.74 Å². The Morgan fingerprint density at radius 3 is 2.33 bits per heavy atom. The predicted octanol–water partition coefficient (Wildman–Crippen LogP) is 3.44. The molecule has 21 heavy (non-hydrogen) atoms. The lowest BCUT2D eigenvalue weighted by Gasteiger charge is -2.13. The summed E-state index contributed by atoms with van der Waals surface area (Å²) in [4.78, 5) is 2.11. The normalized spacial score (nSPS) is 10.4. The highest BCUT2D eigenvalue weighted by Crippen LogP contribution is 2.18. The van der Waals surface area contributed by atoms with E-state index in [-0.39, 0.29) is 0 Å². The lowest BCUT2D eigenvalue weighted by molar-refractivity contribution is 0.335. The molecule has 0 atom stereocenters. The van der Waals surface area contributed by atoms with Crippen LogP contribution in [0.1, 0.15) is 18.1 Å². The summed E-state index contributed by atoms with van der Waals surface area (Å²) in [6, 6.07) is 16.8. The Morgan fingerprint density at radius 2 is 1.67 bits per heavy atom. The summed E-state index contributed by atoms with van der Waals surface area (Å²) in [6.07, 6.45) is 0. The molecule has 2 aromatic rings. The fourth-order valence-electron chi connectivity index (χ4n) is 2.20. The van der Waals surface area contributed by atoms with E-state index in [0.29, 0.717) is 6.61 Å². The number of para-hydroxylation sites is 1. The molecule has 2 rings (SSSR count). The van der Waals surface area contributed by atoms with Crippen LogP contribution in [0.25, 0.3) is 0 Å². The molecule has 0 saturated carbocycles. The quantitative estimate of drug-likeness (QED) is 0.843. The number of nitrogens with zero attached hydrogens (tertiary/aromatic N) is 1. The van der Waals surface area contributed by atoms with E-state index in [0.717, 1.165) is 18.8 Å². The SMILES string of the molecule is CCOc1ccccc1CNCc1ccc(N(C)C)cc1. The zero-order valence-electron chi connectivity index (χ0n) is 13.1. The first-order valence-electron chi connectivity index (χ1n) is 7.38. The van der Waals surface area contributed by atoms with Crippen molar-refractivity contribution in [1.29, 1.82) is 0 Å². The predicted molar refractivity (Wildman–Crippen MR) is 88.9 cm³/mol. The van der Waals surface area contributed by atoms with E-state index in [1.165, 1.54) is 16.8 Å². The first-order valence-corrected chi connectivity index (χ1v) is 7.38. The van der Waals surface area contributed by atoms with Gasteiger partial charge in [-0.1, -0.05) is 30.3 Å². The third-order valence-corrected chi connectivity index (χ3v) is 3.37. The van der Waals surface area contributed by atoms with Crippen LogP contribution in [0.2, 0.25) is 0 Å². The first-order chi connectivity index (χ1) is 10.2. The summed E-state index contributed by atoms with van der Waals surface area (Å²) in [7, 11) is 4.11. The third-order valence-electron chi connectivity index (χ3n) is 3.37. The van der Waals surface area contributed by atoms with E-state index in [1.807, 2.05) is 25.1 Å². The van der Waals surface area contributed by atoms with Crippen molar-refractivity contribution in [3.63, 3.8) is 0 Å². The maximum atomic E-state index is 5.64. The molecule has 2 aromatic carbocycles. The molecule has 0 spiro atoms. The number of nitrogens with one attached hydrogen (secondary N) is 1. The number of benzene rings is 2. The number of hydrogen-bond donors (Lipinski definition) is 1. The molecule has 0 radical (unpaired) electrons. The van der Waals surface area contributed by atoms with Crippen molar-refractivity contribution in [3.05, 3.63) is 59.7 Å². The molecule has 0 unspecified atom stereocenters. The summed E-state index contributed by atoms with van der Waals surface area (Å²) in [5.74, 6) is 0.968. The van der Waals surface area contributed by atoms with Crippen LogP contribution in [-0.2, 0) is 13.1 Å². The van der Waals surface area contributed by atoms with Crippen LogP contribution >= 0.6 is 0 Å². The van der Waals surface area contributed by atoms with Crippen molar-refractivity contribution in [1.82, 2.24) is 5.32 Å². The van der Waals surface area contributed by atoms with Gasteiger partial charge >= 0.3 is 0 Å². The minimum Gasteiger partial charge on any atom is -0.494 e. The molecule has 0 saturated heterocycles. The van der Waals surface area contributed by atoms with Crippen molar-refractivity contribution in [3.8, 4) is 5.75 Å². The zero-order chi connectivity index (χ0) is 15.1. The van der Waals surface area contributed by atoms with Gasteiger partial charge in [0, 0.05) is 38.4 Å². The van der Waals surface area contributed by atoms with Crippen molar-refractivity contribution in [2.24, 2.45) is 0 Å². The van der Waals surface area contributed by atoms with Gasteiger partial charge in [0.15, 0.2) is 0 Å². The van der Waals surface area contributed by atoms with Gasteiger partial charge in [0.25, 0.3) is 0 Å². The van der Waals surface area contributed by atoms with E-state index in [4.69, 9.17) is 4.74 Å². The van der Waals surface area contributed by atoms with E-state index < -0.39 is 0 Å². The van der Waals surface area contributed by atoms with Gasteiger partial charge in [0.2, 0.25) is 0 Å². The van der Waals surface area contributed by atoms with Crippen LogP contribution < -0.4 is 15.0 Å². The second-order valence-corrected chi connectivity index (χ2v) is 5.21. The molecular weight excluding hydrogens is 260 g/mol. The molecular formula is C18H24N2O. The average Bonchev–Trinajstić information content (AvgIpc) is 2.50. The molecule has 0 heterocycles. The maximum absolute atomic E-state index is 5.64. The number of hydrogen-bond acceptors (Lipinski definition) is 3. The summed E-state index contributed by atoms with van der Waals surface area (Å²) in [5.41, 5.74) is 3.71. The average molecular weight is 284 g/mol. The molecule has 0 aliphatic heterocycles. The highest BCUT2D eigenvalue weighted by molar-refractivity contribution is 5.46. The second-order valence-electron chi connectivity index (χ2n) is 5.21. The van der Waals surface area contributed by atoms with Crippen LogP contribution in [0.15, 0.2) is 48.5 Å².